The molecule has 0 radical (unpaired) electrons. The van der Waals surface area contributed by atoms with Crippen LogP contribution in [-0.4, -0.2) is 63.6 Å². The number of hydrogen-bond donors (Lipinski definition) is 2. The first-order valence-corrected chi connectivity index (χ1v) is 11.3. The number of fused-ring (bicyclic) bond motifs is 2. The van der Waals surface area contributed by atoms with Gasteiger partial charge in [0, 0.05) is 48.8 Å². The summed E-state index contributed by atoms with van der Waals surface area (Å²) in [6.07, 6.45) is -1.24. The van der Waals surface area contributed by atoms with Crippen LogP contribution in [-0.2, 0) is 12.6 Å². The van der Waals surface area contributed by atoms with Crippen LogP contribution in [0.3, 0.4) is 0 Å². The lowest BCUT2D eigenvalue weighted by Crippen LogP contribution is -2.63. The molecule has 3 heterocycles. The molecule has 8 heteroatoms. The van der Waals surface area contributed by atoms with Gasteiger partial charge >= 0.3 is 6.18 Å². The third-order valence-corrected chi connectivity index (χ3v) is 6.94. The molecule has 0 unspecified atom stereocenters. The van der Waals surface area contributed by atoms with E-state index in [0.29, 0.717) is 38.9 Å². The second-order valence-corrected chi connectivity index (χ2v) is 9.06. The number of aliphatic hydroxyl groups excluding tert-OH is 1. The molecule has 0 aliphatic carbocycles. The molecule has 3 aromatic rings. The maximum Gasteiger partial charge on any atom is 0.417 e. The van der Waals surface area contributed by atoms with Crippen molar-refractivity contribution in [2.45, 2.75) is 43.6 Å². The van der Waals surface area contributed by atoms with Crippen LogP contribution in [0, 0.1) is 0 Å². The van der Waals surface area contributed by atoms with Crippen LogP contribution in [0.15, 0.2) is 54.7 Å². The number of piperazine rings is 1. The Kier molecular flexibility index (Phi) is 5.66. The summed E-state index contributed by atoms with van der Waals surface area (Å²) in [5.74, 6) is -0.585. The Morgan fingerprint density at radius 2 is 1.79 bits per heavy atom. The quantitative estimate of drug-likeness (QED) is 0.623. The van der Waals surface area contributed by atoms with E-state index in [1.807, 2.05) is 30.5 Å². The molecule has 0 saturated carbocycles. The predicted octanol–water partition coefficient (Wildman–Crippen LogP) is 4.08. The smallest absolute Gasteiger partial charge is 0.392 e. The number of piperidine rings is 1. The summed E-state index contributed by atoms with van der Waals surface area (Å²) < 4.78 is 41.0. The van der Waals surface area contributed by atoms with Gasteiger partial charge in [0.25, 0.3) is 5.91 Å². The number of halogens is 3. The molecule has 0 spiro atoms. The maximum atomic E-state index is 13.7. The lowest BCUT2D eigenvalue weighted by atomic mass is 9.91. The number of nitrogens with one attached hydrogen (secondary N) is 1. The van der Waals surface area contributed by atoms with E-state index < -0.39 is 23.8 Å². The molecule has 33 heavy (non-hydrogen) atoms. The van der Waals surface area contributed by atoms with Crippen LogP contribution in [0.4, 0.5) is 13.2 Å². The van der Waals surface area contributed by atoms with Crippen LogP contribution < -0.4 is 0 Å². The minimum atomic E-state index is -4.60. The number of para-hydroxylation sites is 1. The molecular formula is C25H26F3N3O2. The van der Waals surface area contributed by atoms with Crippen molar-refractivity contribution in [3.63, 3.8) is 0 Å². The monoisotopic (exact) mass is 457 g/mol. The lowest BCUT2D eigenvalue weighted by molar-refractivity contribution is -0.138. The van der Waals surface area contributed by atoms with Crippen molar-refractivity contribution >= 4 is 16.8 Å². The fourth-order valence-electron chi connectivity index (χ4n) is 5.30. The molecule has 2 fully saturated rings. The van der Waals surface area contributed by atoms with Crippen molar-refractivity contribution in [3.05, 3.63) is 71.4 Å². The molecule has 0 bridgehead atoms. The zero-order valence-corrected chi connectivity index (χ0v) is 18.1. The number of hydrogen-bond acceptors (Lipinski definition) is 3. The zero-order chi connectivity index (χ0) is 23.2. The number of benzene rings is 2. The zero-order valence-electron chi connectivity index (χ0n) is 18.1. The highest BCUT2D eigenvalue weighted by molar-refractivity contribution is 5.96. The van der Waals surface area contributed by atoms with Crippen LogP contribution in [0.25, 0.3) is 10.9 Å². The second-order valence-electron chi connectivity index (χ2n) is 9.06. The molecule has 2 saturated heterocycles. The third-order valence-electron chi connectivity index (χ3n) is 6.94. The minimum Gasteiger partial charge on any atom is -0.392 e. The highest BCUT2D eigenvalue weighted by Gasteiger charge is 2.42. The Hall–Kier alpha value is -2.84. The number of aromatic amines is 1. The first-order chi connectivity index (χ1) is 15.8. The Labute approximate surface area is 189 Å². The average molecular weight is 457 g/mol. The van der Waals surface area contributed by atoms with Crippen molar-refractivity contribution in [1.82, 2.24) is 14.8 Å². The summed E-state index contributed by atoms with van der Waals surface area (Å²) >= 11 is 0. The molecule has 174 valence electrons. The van der Waals surface area contributed by atoms with Gasteiger partial charge in [0.15, 0.2) is 0 Å². The normalized spacial score (nSPS) is 24.1. The second kappa shape index (κ2) is 8.50. The van der Waals surface area contributed by atoms with Gasteiger partial charge < -0.3 is 15.0 Å². The van der Waals surface area contributed by atoms with Crippen LogP contribution >= 0.6 is 0 Å². The van der Waals surface area contributed by atoms with E-state index >= 15 is 0 Å². The van der Waals surface area contributed by atoms with E-state index in [-0.39, 0.29) is 17.6 Å². The third kappa shape index (κ3) is 4.25. The number of carbonyl (C=O) groups excluding carboxylic acids is 1. The van der Waals surface area contributed by atoms with E-state index in [0.717, 1.165) is 22.5 Å². The van der Waals surface area contributed by atoms with E-state index in [1.54, 1.807) is 4.90 Å². The molecule has 2 aliphatic heterocycles. The first-order valence-electron chi connectivity index (χ1n) is 11.3. The number of H-pyrrole nitrogens is 1. The van der Waals surface area contributed by atoms with Crippen LogP contribution in [0.5, 0.6) is 0 Å². The van der Waals surface area contributed by atoms with Gasteiger partial charge in [-0.3, -0.25) is 9.69 Å². The van der Waals surface area contributed by atoms with E-state index in [4.69, 9.17) is 0 Å². The van der Waals surface area contributed by atoms with Gasteiger partial charge in [0.2, 0.25) is 0 Å². The molecule has 2 aromatic carbocycles. The van der Waals surface area contributed by atoms with Gasteiger partial charge in [-0.25, -0.2) is 0 Å². The average Bonchev–Trinajstić information content (AvgIpc) is 3.20. The van der Waals surface area contributed by atoms with Crippen LogP contribution in [0.2, 0.25) is 0 Å². The molecule has 5 rings (SSSR count). The van der Waals surface area contributed by atoms with Gasteiger partial charge in [-0.1, -0.05) is 30.3 Å². The molecule has 1 amide bonds. The van der Waals surface area contributed by atoms with Crippen LogP contribution in [0.1, 0.15) is 34.3 Å². The van der Waals surface area contributed by atoms with E-state index in [9.17, 15) is 23.1 Å². The summed E-state index contributed by atoms with van der Waals surface area (Å²) in [7, 11) is 0. The molecule has 1 aromatic heterocycles. The Bertz CT molecular complexity index is 1160. The van der Waals surface area contributed by atoms with Crippen molar-refractivity contribution in [1.29, 1.82) is 0 Å². The fourth-order valence-corrected chi connectivity index (χ4v) is 5.30. The number of alkyl halides is 3. The van der Waals surface area contributed by atoms with Gasteiger partial charge in [-0.15, -0.1) is 0 Å². The summed E-state index contributed by atoms with van der Waals surface area (Å²) in [6, 6.07) is 12.6. The number of nitrogens with zero attached hydrogens (tertiary/aromatic N) is 2. The van der Waals surface area contributed by atoms with Crippen molar-refractivity contribution < 1.29 is 23.1 Å². The number of aliphatic hydroxyl groups is 1. The van der Waals surface area contributed by atoms with Crippen molar-refractivity contribution in [2.75, 3.05) is 19.6 Å². The SMILES string of the molecule is O=C(c1ccccc1C(F)(F)F)N1C[C@H]2CC[C@H](O)CN2C[C@H]1Cc1c[nH]c2ccccc12. The minimum absolute atomic E-state index is 0.0367. The Morgan fingerprint density at radius 3 is 2.61 bits per heavy atom. The number of rotatable bonds is 3. The van der Waals surface area contributed by atoms with Gasteiger partial charge in [-0.2, -0.15) is 13.2 Å². The summed E-state index contributed by atoms with van der Waals surface area (Å²) in [4.78, 5) is 20.6. The number of aromatic nitrogens is 1. The number of carbonyl (C=O) groups is 1. The Morgan fingerprint density at radius 1 is 1.03 bits per heavy atom. The molecule has 2 aliphatic rings. The fraction of sp³-hybridized carbons (Fsp3) is 0.400. The first kappa shape index (κ1) is 22.0. The van der Waals surface area contributed by atoms with E-state index in [2.05, 4.69) is 9.88 Å². The standard InChI is InChI=1S/C25H26F3N3O2/c26-25(27,28)22-7-3-1-6-21(22)24(33)31-14-17-9-10-19(32)15-30(17)13-18(31)11-16-12-29-23-8-4-2-5-20(16)23/h1-8,12,17-19,29,32H,9-11,13-15H2/t17-,18-,19+/m1/s1. The highest BCUT2D eigenvalue weighted by Crippen LogP contribution is 2.34. The predicted molar refractivity (Wildman–Crippen MR) is 119 cm³/mol. The van der Waals surface area contributed by atoms with Gasteiger partial charge in [0.1, 0.15) is 0 Å². The molecule has 2 N–H and O–H groups in total. The maximum absolute atomic E-state index is 13.7. The Balaban J connectivity index is 1.50. The molecule has 3 atom stereocenters. The summed E-state index contributed by atoms with van der Waals surface area (Å²) in [5, 5.41) is 11.2. The van der Waals surface area contributed by atoms with E-state index in [1.165, 1.54) is 18.2 Å². The molecular weight excluding hydrogens is 431 g/mol. The van der Waals surface area contributed by atoms with Crippen molar-refractivity contribution in [3.8, 4) is 0 Å². The summed E-state index contributed by atoms with van der Waals surface area (Å²) in [5.41, 5.74) is 0.795. The number of amides is 1. The molecule has 5 nitrogen and oxygen atoms in total. The lowest BCUT2D eigenvalue weighted by Gasteiger charge is -2.49. The topological polar surface area (TPSA) is 59.6 Å². The summed E-state index contributed by atoms with van der Waals surface area (Å²) in [6.45, 7) is 1.39. The van der Waals surface area contributed by atoms with Gasteiger partial charge in [0.05, 0.1) is 17.2 Å². The largest absolute Gasteiger partial charge is 0.417 e. The van der Waals surface area contributed by atoms with Crippen molar-refractivity contribution in [2.24, 2.45) is 0 Å². The van der Waals surface area contributed by atoms with Gasteiger partial charge in [-0.05, 0) is 43.0 Å². The highest BCUT2D eigenvalue weighted by atomic mass is 19.4.